The van der Waals surface area contributed by atoms with Crippen molar-refractivity contribution < 1.29 is 0 Å². The summed E-state index contributed by atoms with van der Waals surface area (Å²) in [5.74, 6) is 0. The molecule has 0 aliphatic carbocycles. The number of pyridine rings is 1. The van der Waals surface area contributed by atoms with Crippen molar-refractivity contribution in [3.05, 3.63) is 30.4 Å². The van der Waals surface area contributed by atoms with Crippen molar-refractivity contribution >= 4 is 11.0 Å². The number of hydrogen-bond donors (Lipinski definition) is 0. The Kier molecular flexibility index (Phi) is 2.86. The van der Waals surface area contributed by atoms with Gasteiger partial charge in [-0.1, -0.05) is 27.2 Å². The number of nitrogens with zero attached hydrogens (tertiary/aromatic N) is 3. The highest BCUT2D eigenvalue weighted by atomic mass is 14.9. The molecule has 2 rings (SSSR count). The van der Waals surface area contributed by atoms with E-state index >= 15 is 0 Å². The van der Waals surface area contributed by atoms with Gasteiger partial charge in [-0.15, -0.1) is 0 Å². The van der Waals surface area contributed by atoms with Crippen LogP contribution in [0.4, 0.5) is 0 Å². The van der Waals surface area contributed by atoms with Gasteiger partial charge in [0.1, 0.15) is 11.8 Å². The molecule has 0 atom stereocenters. The fraction of sp³-hybridized carbons (Fsp3) is 0.462. The second kappa shape index (κ2) is 4.16. The Labute approximate surface area is 96.0 Å². The van der Waals surface area contributed by atoms with Crippen LogP contribution in [0.1, 0.15) is 39.3 Å². The first-order valence-corrected chi connectivity index (χ1v) is 5.71. The molecule has 0 bridgehead atoms. The zero-order chi connectivity index (χ0) is 11.6. The highest BCUT2D eigenvalue weighted by molar-refractivity contribution is 5.72. The van der Waals surface area contributed by atoms with E-state index < -0.39 is 0 Å². The first-order valence-electron chi connectivity index (χ1n) is 5.71. The lowest BCUT2D eigenvalue weighted by Gasteiger charge is -2.23. The molecule has 2 aromatic rings. The van der Waals surface area contributed by atoms with E-state index in [0.29, 0.717) is 0 Å². The summed E-state index contributed by atoms with van der Waals surface area (Å²) in [6.07, 6.45) is 5.63. The largest absolute Gasteiger partial charge is 0.249 e. The molecule has 3 nitrogen and oxygen atoms in total. The van der Waals surface area contributed by atoms with Crippen molar-refractivity contribution in [2.75, 3.05) is 0 Å². The highest BCUT2D eigenvalue weighted by Gasteiger charge is 2.21. The average molecular weight is 215 g/mol. The maximum Gasteiger partial charge on any atom is 0.116 e. The van der Waals surface area contributed by atoms with Crippen LogP contribution in [0.2, 0.25) is 0 Å². The van der Waals surface area contributed by atoms with Gasteiger partial charge in [-0.3, -0.25) is 0 Å². The van der Waals surface area contributed by atoms with Crippen molar-refractivity contribution in [1.29, 1.82) is 0 Å². The van der Waals surface area contributed by atoms with Crippen LogP contribution in [0.5, 0.6) is 0 Å². The van der Waals surface area contributed by atoms with Crippen molar-refractivity contribution in [3.63, 3.8) is 0 Å². The van der Waals surface area contributed by atoms with Gasteiger partial charge in [-0.05, 0) is 18.6 Å². The summed E-state index contributed by atoms with van der Waals surface area (Å²) >= 11 is 0. The molecule has 0 spiro atoms. The summed E-state index contributed by atoms with van der Waals surface area (Å²) in [6.45, 7) is 6.66. The van der Waals surface area contributed by atoms with E-state index in [9.17, 15) is 0 Å². The van der Waals surface area contributed by atoms with Crippen LogP contribution in [0, 0.1) is 0 Å². The molecular formula is C13H17N3. The summed E-state index contributed by atoms with van der Waals surface area (Å²) in [5, 5.41) is 0. The second-order valence-corrected chi connectivity index (χ2v) is 4.76. The fourth-order valence-electron chi connectivity index (χ4n) is 2.00. The third-order valence-electron chi connectivity index (χ3n) is 2.93. The van der Waals surface area contributed by atoms with Crippen LogP contribution in [0.15, 0.2) is 24.7 Å². The third kappa shape index (κ3) is 2.03. The van der Waals surface area contributed by atoms with Gasteiger partial charge in [0.25, 0.3) is 0 Å². The first kappa shape index (κ1) is 11.0. The van der Waals surface area contributed by atoms with Gasteiger partial charge in [0.2, 0.25) is 0 Å². The molecule has 0 unspecified atom stereocenters. The molecule has 0 aliphatic rings. The summed E-state index contributed by atoms with van der Waals surface area (Å²) in [6, 6.07) is 4.10. The van der Waals surface area contributed by atoms with E-state index in [1.165, 1.54) is 0 Å². The monoisotopic (exact) mass is 215 g/mol. The van der Waals surface area contributed by atoms with Crippen LogP contribution >= 0.6 is 0 Å². The van der Waals surface area contributed by atoms with Crippen LogP contribution in [-0.4, -0.2) is 15.0 Å². The lowest BCUT2D eigenvalue weighted by Crippen LogP contribution is -2.18. The van der Waals surface area contributed by atoms with Crippen molar-refractivity contribution in [2.24, 2.45) is 0 Å². The van der Waals surface area contributed by atoms with Crippen LogP contribution in [0.25, 0.3) is 11.0 Å². The lowest BCUT2D eigenvalue weighted by molar-refractivity contribution is 0.461. The average Bonchev–Trinajstić information content (AvgIpc) is 2.28. The highest BCUT2D eigenvalue weighted by Crippen LogP contribution is 2.27. The van der Waals surface area contributed by atoms with Gasteiger partial charge < -0.3 is 0 Å². The minimum atomic E-state index is 0.124. The molecule has 0 aliphatic heterocycles. The van der Waals surface area contributed by atoms with E-state index in [1.807, 2.05) is 6.07 Å². The smallest absolute Gasteiger partial charge is 0.116 e. The van der Waals surface area contributed by atoms with Crippen LogP contribution < -0.4 is 0 Å². The molecule has 0 amide bonds. The van der Waals surface area contributed by atoms with Gasteiger partial charge in [-0.25, -0.2) is 15.0 Å². The molecule has 84 valence electrons. The third-order valence-corrected chi connectivity index (χ3v) is 2.93. The minimum Gasteiger partial charge on any atom is -0.249 e. The lowest BCUT2D eigenvalue weighted by atomic mass is 9.84. The topological polar surface area (TPSA) is 38.7 Å². The normalized spacial score (nSPS) is 11.9. The van der Waals surface area contributed by atoms with Crippen molar-refractivity contribution in [1.82, 2.24) is 15.0 Å². The minimum absolute atomic E-state index is 0.124. The maximum atomic E-state index is 4.64. The fourth-order valence-corrected chi connectivity index (χ4v) is 2.00. The molecule has 0 saturated carbocycles. The van der Waals surface area contributed by atoms with E-state index in [-0.39, 0.29) is 5.41 Å². The summed E-state index contributed by atoms with van der Waals surface area (Å²) < 4.78 is 0. The zero-order valence-corrected chi connectivity index (χ0v) is 10.1. The number of aromatic nitrogens is 3. The SMILES string of the molecule is CCCC(C)(C)c1ccc2ncncc2n1. The Bertz CT molecular complexity index is 491. The molecular weight excluding hydrogens is 198 g/mol. The van der Waals surface area contributed by atoms with Crippen molar-refractivity contribution in [3.8, 4) is 0 Å². The Balaban J connectivity index is 2.46. The molecule has 0 N–H and O–H groups in total. The van der Waals surface area contributed by atoms with E-state index in [1.54, 1.807) is 12.5 Å². The summed E-state index contributed by atoms with van der Waals surface area (Å²) in [7, 11) is 0. The Morgan fingerprint density at radius 1 is 1.19 bits per heavy atom. The standard InChI is InChI=1S/C13H17N3/c1-4-7-13(2,3)12-6-5-10-11(16-12)8-14-9-15-10/h5-6,8-9H,4,7H2,1-3H3. The zero-order valence-electron chi connectivity index (χ0n) is 10.1. The quantitative estimate of drug-likeness (QED) is 0.789. The van der Waals surface area contributed by atoms with Crippen LogP contribution in [-0.2, 0) is 5.41 Å². The molecule has 2 heterocycles. The molecule has 3 heteroatoms. The molecule has 0 saturated heterocycles. The van der Waals surface area contributed by atoms with E-state index in [4.69, 9.17) is 0 Å². The Hall–Kier alpha value is -1.51. The van der Waals surface area contributed by atoms with Gasteiger partial charge in [0.15, 0.2) is 0 Å². The molecule has 0 radical (unpaired) electrons. The predicted octanol–water partition coefficient (Wildman–Crippen LogP) is 3.10. The Morgan fingerprint density at radius 2 is 2.00 bits per heavy atom. The Morgan fingerprint density at radius 3 is 2.75 bits per heavy atom. The molecule has 0 fully saturated rings. The predicted molar refractivity (Wildman–Crippen MR) is 65.3 cm³/mol. The number of rotatable bonds is 3. The molecule has 16 heavy (non-hydrogen) atoms. The van der Waals surface area contributed by atoms with Gasteiger partial charge >= 0.3 is 0 Å². The van der Waals surface area contributed by atoms with Crippen LogP contribution in [0.3, 0.4) is 0 Å². The number of fused-ring (bicyclic) bond motifs is 1. The summed E-state index contributed by atoms with van der Waals surface area (Å²) in [4.78, 5) is 12.8. The first-order chi connectivity index (χ1) is 7.63. The molecule has 2 aromatic heterocycles. The van der Waals surface area contributed by atoms with Crippen molar-refractivity contribution in [2.45, 2.75) is 39.0 Å². The maximum absolute atomic E-state index is 4.64. The van der Waals surface area contributed by atoms with E-state index in [2.05, 4.69) is 41.8 Å². The van der Waals surface area contributed by atoms with E-state index in [0.717, 1.165) is 29.6 Å². The summed E-state index contributed by atoms with van der Waals surface area (Å²) in [5.41, 5.74) is 3.03. The molecule has 0 aromatic carbocycles. The number of hydrogen-bond acceptors (Lipinski definition) is 3. The van der Waals surface area contributed by atoms with Gasteiger partial charge in [0, 0.05) is 11.1 Å². The van der Waals surface area contributed by atoms with Gasteiger partial charge in [-0.2, -0.15) is 0 Å². The second-order valence-electron chi connectivity index (χ2n) is 4.76. The van der Waals surface area contributed by atoms with Gasteiger partial charge in [0.05, 0.1) is 11.7 Å².